The number of allylic oxidation sites excluding steroid dienone is 4. The van der Waals surface area contributed by atoms with Crippen LogP contribution in [-0.2, 0) is 67.3 Å². The molecule has 5 aromatic rings. The Labute approximate surface area is 532 Å². The Morgan fingerprint density at radius 1 is 0.848 bits per heavy atom. The van der Waals surface area contributed by atoms with Gasteiger partial charge in [0, 0.05) is 71.0 Å². The average Bonchev–Trinajstić information content (AvgIpc) is 1.43. The van der Waals surface area contributed by atoms with Crippen LogP contribution in [0.15, 0.2) is 120 Å². The number of fused-ring (bicyclic) bond motifs is 9. The lowest BCUT2D eigenvalue weighted by Gasteiger charge is -2.59. The number of Topliss-reactive ketones (excluding diaryl/α,β-unsaturated/α-hetero) is 1. The topological polar surface area (TPSA) is 339 Å². The standard InChI is InChI=1S/C68H69N5O18S/c1-66-25-23-43(75)29-42(66)18-19-44-45-30-51-68(50(77)33-74,67(45,2)31-48(76)57(44)66)91-63(89-51)40-14-11-36(12-15-40)28-55-71-52(35-92-55)72-65(86)87-34-37-13-20-49(88-64-60(83)58(81)59(82)61(90-64)62(84)85)46(27-37)70-54(79)24-26-69-53(78)21-22-56(80)73-32-41-9-4-3-7-38(41)16-17-39-8-5-6-10-47(39)73/h3-15,20,23,25,27,29,35,44-45,48,51,57-61,63-64,74,76,81-83H,18-19,21-22,24,26,28,30-34H2,1-2H3,(H,69,78)(H,70,79)(H,72,86)(H,84,85)/t44-,45-,48-,51+,57+,58-,59-,60+,61-,63-,64+,66-,67-,68+/m0/s1. The van der Waals surface area contributed by atoms with E-state index in [1.165, 1.54) is 29.5 Å². The second-order valence-corrected chi connectivity index (χ2v) is 25.8. The molecule has 3 aliphatic heterocycles. The molecule has 4 aliphatic carbocycles. The van der Waals surface area contributed by atoms with E-state index >= 15 is 0 Å². The zero-order chi connectivity index (χ0) is 64.8. The van der Waals surface area contributed by atoms with E-state index in [1.54, 1.807) is 34.6 Å². The molecule has 3 saturated carbocycles. The molecule has 0 spiro atoms. The molecule has 12 rings (SSSR count). The van der Waals surface area contributed by atoms with Crippen LogP contribution in [0.4, 0.5) is 22.0 Å². The number of carbonyl (C=O) groups is 7. The monoisotopic (exact) mass is 1280 g/mol. The van der Waals surface area contributed by atoms with Crippen molar-refractivity contribution in [1.82, 2.24) is 10.3 Å². The number of thiazole rings is 1. The van der Waals surface area contributed by atoms with Gasteiger partial charge in [0.2, 0.25) is 24.0 Å². The number of rotatable bonds is 18. The first kappa shape index (κ1) is 63.7. The number of ketones is 2. The number of benzene rings is 4. The molecule has 0 radical (unpaired) electrons. The number of nitrogens with zero attached hydrogens (tertiary/aromatic N) is 2. The third-order valence-corrected chi connectivity index (χ3v) is 20.2. The molecule has 4 aromatic carbocycles. The van der Waals surface area contributed by atoms with E-state index < -0.39 is 102 Å². The highest BCUT2D eigenvalue weighted by Crippen LogP contribution is 2.70. The molecule has 1 aromatic heterocycles. The van der Waals surface area contributed by atoms with Gasteiger partial charge >= 0.3 is 12.1 Å². The molecule has 2 saturated heterocycles. The summed E-state index contributed by atoms with van der Waals surface area (Å²) in [6.07, 6.45) is -5.88. The lowest BCUT2D eigenvalue weighted by molar-refractivity contribution is -0.271. The van der Waals surface area contributed by atoms with E-state index in [2.05, 4.69) is 39.7 Å². The third kappa shape index (κ3) is 12.2. The molecule has 0 unspecified atom stereocenters. The summed E-state index contributed by atoms with van der Waals surface area (Å²) < 4.78 is 30.1. The van der Waals surface area contributed by atoms with Gasteiger partial charge in [0.15, 0.2) is 29.6 Å². The fraction of sp³-hybridized carbons (Fsp3) is 0.412. The Kier molecular flexibility index (Phi) is 17.9. The molecular formula is C68H69N5O18S. The highest BCUT2D eigenvalue weighted by Gasteiger charge is 2.76. The molecule has 9 N–H and O–H groups in total. The number of anilines is 3. The van der Waals surface area contributed by atoms with Crippen LogP contribution in [0.5, 0.6) is 5.75 Å². The summed E-state index contributed by atoms with van der Waals surface area (Å²) in [5.74, 6) is 2.50. The number of hydrogen-bond donors (Lipinski definition) is 9. The number of aromatic nitrogens is 1. The first-order valence-electron chi connectivity index (χ1n) is 30.5. The molecule has 480 valence electrons. The number of carboxylic acids is 1. The summed E-state index contributed by atoms with van der Waals surface area (Å²) in [5, 5.41) is 73.8. The van der Waals surface area contributed by atoms with Gasteiger partial charge in [0.25, 0.3) is 0 Å². The van der Waals surface area contributed by atoms with Crippen molar-refractivity contribution in [3.63, 3.8) is 0 Å². The first-order valence-corrected chi connectivity index (χ1v) is 31.4. The van der Waals surface area contributed by atoms with Crippen molar-refractivity contribution in [2.24, 2.45) is 28.6 Å². The van der Waals surface area contributed by atoms with Crippen LogP contribution in [0.25, 0.3) is 0 Å². The molecular weight excluding hydrogens is 1210 g/mol. The summed E-state index contributed by atoms with van der Waals surface area (Å²) in [7, 11) is 0. The van der Waals surface area contributed by atoms with Crippen LogP contribution >= 0.6 is 11.3 Å². The summed E-state index contributed by atoms with van der Waals surface area (Å²) >= 11 is 1.29. The van der Waals surface area contributed by atoms with E-state index in [1.807, 2.05) is 73.7 Å². The van der Waals surface area contributed by atoms with Crippen molar-refractivity contribution in [1.29, 1.82) is 0 Å². The highest BCUT2D eigenvalue weighted by atomic mass is 32.1. The molecule has 5 fully saturated rings. The van der Waals surface area contributed by atoms with Gasteiger partial charge in [-0.2, -0.15) is 0 Å². The molecule has 92 heavy (non-hydrogen) atoms. The molecule has 0 bridgehead atoms. The lowest BCUT2D eigenvalue weighted by atomic mass is 9.46. The minimum Gasteiger partial charge on any atom is -0.479 e. The smallest absolute Gasteiger partial charge is 0.413 e. The van der Waals surface area contributed by atoms with Crippen molar-refractivity contribution in [2.75, 3.05) is 28.7 Å². The van der Waals surface area contributed by atoms with E-state index in [-0.39, 0.29) is 92.1 Å². The second-order valence-electron chi connectivity index (χ2n) is 24.8. The van der Waals surface area contributed by atoms with Crippen LogP contribution < -0.4 is 25.6 Å². The van der Waals surface area contributed by atoms with Crippen LogP contribution in [0.3, 0.4) is 0 Å². The number of aliphatic carboxylic acids is 1. The predicted octanol–water partition coefficient (Wildman–Crippen LogP) is 5.53. The number of aliphatic hydroxyl groups excluding tert-OH is 5. The Morgan fingerprint density at radius 2 is 1.60 bits per heavy atom. The summed E-state index contributed by atoms with van der Waals surface area (Å²) in [5.41, 5.74) is 2.84. The van der Waals surface area contributed by atoms with Crippen molar-refractivity contribution < 1.29 is 87.9 Å². The van der Waals surface area contributed by atoms with Gasteiger partial charge in [-0.25, -0.2) is 14.6 Å². The summed E-state index contributed by atoms with van der Waals surface area (Å²) in [6, 6.07) is 26.3. The SMILES string of the molecule is C[C@]12C=CC(=O)C=C1CC[C@@H]1[C@@H]2[C@@H](O)C[C@@]2(C)[C@H]1C[C@H]1O[C@H](c3ccc(Cc4nc(NC(=O)OCc5ccc(O[C@@H]6O[C@H](C(=O)O)[C@@H](O)[C@H](O)[C@H]6O)c(NC(=O)CCNC(=O)CCC(=O)N6Cc7ccccc7C#Cc7ccccc76)c5)cs4)cc3)O[C@]12C(=O)CO. The van der Waals surface area contributed by atoms with Crippen molar-refractivity contribution in [3.05, 3.63) is 159 Å². The van der Waals surface area contributed by atoms with Crippen LogP contribution in [0.2, 0.25) is 0 Å². The van der Waals surface area contributed by atoms with Crippen LogP contribution in [-0.4, -0.2) is 139 Å². The largest absolute Gasteiger partial charge is 0.479 e. The zero-order valence-corrected chi connectivity index (χ0v) is 51.0. The van der Waals surface area contributed by atoms with E-state index in [0.717, 1.165) is 28.7 Å². The Hall–Kier alpha value is -8.48. The molecule has 4 amide bonds. The third-order valence-electron chi connectivity index (χ3n) is 19.3. The van der Waals surface area contributed by atoms with Crippen molar-refractivity contribution in [2.45, 2.75) is 133 Å². The molecule has 23 nitrogen and oxygen atoms in total. The predicted molar refractivity (Wildman–Crippen MR) is 329 cm³/mol. The molecule has 4 heterocycles. The number of aliphatic hydroxyl groups is 5. The lowest BCUT2D eigenvalue weighted by Crippen LogP contribution is -2.63. The number of nitrogens with one attached hydrogen (secondary N) is 3. The van der Waals surface area contributed by atoms with Gasteiger partial charge in [-0.15, -0.1) is 11.3 Å². The quantitative estimate of drug-likeness (QED) is 0.0487. The molecule has 7 aliphatic rings. The minimum atomic E-state index is -2.00. The zero-order valence-electron chi connectivity index (χ0n) is 50.2. The average molecular weight is 1280 g/mol. The number of hydrogen-bond acceptors (Lipinski definition) is 19. The van der Waals surface area contributed by atoms with Gasteiger partial charge in [0.05, 0.1) is 35.1 Å². The highest BCUT2D eigenvalue weighted by molar-refractivity contribution is 7.10. The number of carbonyl (C=O) groups excluding carboxylic acids is 6. The fourth-order valence-electron chi connectivity index (χ4n) is 14.9. The van der Waals surface area contributed by atoms with Gasteiger partial charge in [-0.3, -0.25) is 29.3 Å². The normalized spacial score (nSPS) is 29.8. The number of carboxylic acid groups (broad SMARTS) is 1. The minimum absolute atomic E-state index is 0.0194. The Morgan fingerprint density at radius 3 is 2.38 bits per heavy atom. The number of para-hydroxylation sites is 1. The Balaban J connectivity index is 0.650. The molecule has 14 atom stereocenters. The van der Waals surface area contributed by atoms with Crippen molar-refractivity contribution in [3.8, 4) is 17.6 Å². The Bertz CT molecular complexity index is 3880. The fourth-order valence-corrected chi connectivity index (χ4v) is 15.6. The maximum absolute atomic E-state index is 14.1. The number of amides is 4. The van der Waals surface area contributed by atoms with Crippen LogP contribution in [0.1, 0.15) is 103 Å². The summed E-state index contributed by atoms with van der Waals surface area (Å²) in [6.45, 7) is 3.05. The van der Waals surface area contributed by atoms with Crippen LogP contribution in [0, 0.1) is 40.4 Å². The maximum Gasteiger partial charge on any atom is 0.413 e. The van der Waals surface area contributed by atoms with Gasteiger partial charge in [-0.1, -0.05) is 98.0 Å². The van der Waals surface area contributed by atoms with Crippen molar-refractivity contribution >= 4 is 69.9 Å². The van der Waals surface area contributed by atoms with Gasteiger partial charge in [0.1, 0.15) is 43.1 Å². The van der Waals surface area contributed by atoms with E-state index in [0.29, 0.717) is 46.6 Å². The number of ether oxygens (including phenoxy) is 5. The van der Waals surface area contributed by atoms with Gasteiger partial charge in [-0.05, 0) is 96.7 Å². The van der Waals surface area contributed by atoms with Gasteiger partial charge < -0.3 is 69.9 Å². The van der Waals surface area contributed by atoms with E-state index in [9.17, 15) is 64.2 Å². The molecule has 24 heteroatoms. The second kappa shape index (κ2) is 25.9. The van der Waals surface area contributed by atoms with E-state index in [4.69, 9.17) is 23.7 Å². The maximum atomic E-state index is 14.1. The summed E-state index contributed by atoms with van der Waals surface area (Å²) in [4.78, 5) is 97.9. The first-order chi connectivity index (χ1) is 44.2.